The summed E-state index contributed by atoms with van der Waals surface area (Å²) >= 11 is 0. The number of rotatable bonds is 6. The molecule has 4 N–H and O–H groups in total. The van der Waals surface area contributed by atoms with E-state index in [9.17, 15) is 14.7 Å². The third kappa shape index (κ3) is 3.78. The summed E-state index contributed by atoms with van der Waals surface area (Å²) < 4.78 is 2.94. The van der Waals surface area contributed by atoms with Crippen LogP contribution in [0.15, 0.2) is 59.8 Å². The van der Waals surface area contributed by atoms with Gasteiger partial charge in [-0.2, -0.15) is 9.61 Å². The average molecular weight is 446 g/mol. The van der Waals surface area contributed by atoms with Crippen LogP contribution in [0.4, 0.5) is 17.3 Å². The molecule has 1 fully saturated rings. The van der Waals surface area contributed by atoms with Gasteiger partial charge in [-0.25, -0.2) is 9.97 Å². The fourth-order valence-electron chi connectivity index (χ4n) is 3.67. The minimum atomic E-state index is -0.534. The van der Waals surface area contributed by atoms with Gasteiger partial charge in [0, 0.05) is 25.5 Å². The van der Waals surface area contributed by atoms with Crippen LogP contribution >= 0.6 is 0 Å². The highest BCUT2D eigenvalue weighted by molar-refractivity contribution is 6.00. The van der Waals surface area contributed by atoms with E-state index in [0.717, 1.165) is 6.42 Å². The zero-order chi connectivity index (χ0) is 22.9. The molecule has 11 heteroatoms. The maximum atomic E-state index is 13.0. The second kappa shape index (κ2) is 8.36. The van der Waals surface area contributed by atoms with E-state index < -0.39 is 6.10 Å². The summed E-state index contributed by atoms with van der Waals surface area (Å²) in [5.41, 5.74) is 0.587. The third-order valence-corrected chi connectivity index (χ3v) is 5.63. The van der Waals surface area contributed by atoms with E-state index in [0.29, 0.717) is 35.2 Å². The molecule has 0 unspecified atom stereocenters. The molecule has 1 aliphatic carbocycles. The standard InChI is InChI=1S/C22H22N8O3/c1-23-19-11-17(26-15-5-4-10-29(22(15)33)18-6-2-3-9-24-18)28-20-13(12-25-30(19)20)21(32)27-14-7-8-16(14)31/h2-6,9-12,14,16,23,31H,7-8H2,1H3,(H,26,28)(H,27,32)/t14-,16+/m1/s1. The van der Waals surface area contributed by atoms with E-state index in [1.165, 1.54) is 15.3 Å². The lowest BCUT2D eigenvalue weighted by Crippen LogP contribution is -2.50. The van der Waals surface area contributed by atoms with Crippen molar-refractivity contribution in [1.82, 2.24) is 29.5 Å². The molecule has 0 aliphatic heterocycles. The normalized spacial score (nSPS) is 17.4. The maximum absolute atomic E-state index is 13.0. The van der Waals surface area contributed by atoms with Gasteiger partial charge in [0.2, 0.25) is 0 Å². The number of fused-ring (bicyclic) bond motifs is 1. The van der Waals surface area contributed by atoms with Gasteiger partial charge < -0.3 is 21.1 Å². The van der Waals surface area contributed by atoms with E-state index in [2.05, 4.69) is 31.0 Å². The molecule has 1 aliphatic rings. The molecule has 4 aromatic rings. The zero-order valence-corrected chi connectivity index (χ0v) is 17.8. The number of carbonyl (C=O) groups excluding carboxylic acids is 1. The maximum Gasteiger partial charge on any atom is 0.279 e. The van der Waals surface area contributed by atoms with Crippen LogP contribution < -0.4 is 21.5 Å². The predicted octanol–water partition coefficient (Wildman–Crippen LogP) is 1.31. The topological polar surface area (TPSA) is 138 Å². The first-order chi connectivity index (χ1) is 16.0. The Morgan fingerprint density at radius 1 is 1.21 bits per heavy atom. The number of hydrogen-bond donors (Lipinski definition) is 4. The number of hydrogen-bond acceptors (Lipinski definition) is 8. The summed E-state index contributed by atoms with van der Waals surface area (Å²) in [4.78, 5) is 34.6. The molecule has 1 amide bonds. The number of amides is 1. The summed E-state index contributed by atoms with van der Waals surface area (Å²) in [6, 6.07) is 10.1. The van der Waals surface area contributed by atoms with Gasteiger partial charge in [0.25, 0.3) is 11.5 Å². The fraction of sp³-hybridized carbons (Fsp3) is 0.227. The summed E-state index contributed by atoms with van der Waals surface area (Å²) in [5, 5.41) is 22.9. The Labute approximate surface area is 188 Å². The van der Waals surface area contributed by atoms with E-state index in [-0.39, 0.29) is 23.1 Å². The zero-order valence-electron chi connectivity index (χ0n) is 17.8. The molecule has 0 radical (unpaired) electrons. The molecular weight excluding hydrogens is 424 g/mol. The van der Waals surface area contributed by atoms with Gasteiger partial charge >= 0.3 is 0 Å². The fourth-order valence-corrected chi connectivity index (χ4v) is 3.67. The molecule has 33 heavy (non-hydrogen) atoms. The number of pyridine rings is 2. The molecule has 1 saturated carbocycles. The molecule has 0 aromatic carbocycles. The lowest BCUT2D eigenvalue weighted by molar-refractivity contribution is 0.0448. The first kappa shape index (κ1) is 20.6. The number of aliphatic hydroxyl groups is 1. The van der Waals surface area contributed by atoms with Gasteiger partial charge in [0.15, 0.2) is 5.65 Å². The molecule has 4 aromatic heterocycles. The van der Waals surface area contributed by atoms with Crippen LogP contribution in [-0.4, -0.2) is 54.4 Å². The molecule has 0 saturated heterocycles. The van der Waals surface area contributed by atoms with Crippen LogP contribution in [0.1, 0.15) is 23.2 Å². The monoisotopic (exact) mass is 446 g/mol. The van der Waals surface area contributed by atoms with E-state index >= 15 is 0 Å². The Morgan fingerprint density at radius 2 is 2.09 bits per heavy atom. The van der Waals surface area contributed by atoms with Crippen molar-refractivity contribution in [2.75, 3.05) is 17.7 Å². The van der Waals surface area contributed by atoms with Crippen molar-refractivity contribution in [3.05, 3.63) is 70.9 Å². The second-order valence-electron chi connectivity index (χ2n) is 7.70. The van der Waals surface area contributed by atoms with Crippen LogP contribution in [0.3, 0.4) is 0 Å². The van der Waals surface area contributed by atoms with Crippen molar-refractivity contribution in [2.24, 2.45) is 0 Å². The van der Waals surface area contributed by atoms with E-state index in [4.69, 9.17) is 0 Å². The minimum Gasteiger partial charge on any atom is -0.391 e. The Kier molecular flexibility index (Phi) is 5.23. The van der Waals surface area contributed by atoms with Crippen LogP contribution in [-0.2, 0) is 0 Å². The van der Waals surface area contributed by atoms with Crippen LogP contribution in [0.5, 0.6) is 0 Å². The lowest BCUT2D eigenvalue weighted by atomic mass is 9.89. The van der Waals surface area contributed by atoms with Gasteiger partial charge in [-0.15, -0.1) is 0 Å². The Hall–Kier alpha value is -4.25. The van der Waals surface area contributed by atoms with E-state index in [1.54, 1.807) is 55.8 Å². The van der Waals surface area contributed by atoms with Crippen molar-refractivity contribution in [3.63, 3.8) is 0 Å². The molecule has 168 valence electrons. The summed E-state index contributed by atoms with van der Waals surface area (Å²) in [6.07, 6.45) is 5.55. The summed E-state index contributed by atoms with van der Waals surface area (Å²) in [5.74, 6) is 1.07. The number of anilines is 3. The summed E-state index contributed by atoms with van der Waals surface area (Å²) in [6.45, 7) is 0. The number of nitrogens with one attached hydrogen (secondary N) is 3. The molecule has 0 spiro atoms. The quantitative estimate of drug-likeness (QED) is 0.348. The molecule has 11 nitrogen and oxygen atoms in total. The Balaban J connectivity index is 1.50. The lowest BCUT2D eigenvalue weighted by Gasteiger charge is -2.32. The van der Waals surface area contributed by atoms with Crippen LogP contribution in [0, 0.1) is 0 Å². The SMILES string of the molecule is CNc1cc(Nc2cccn(-c3ccccn3)c2=O)nc2c(C(=O)N[C@@H]3CC[C@@H]3O)cnn12. The van der Waals surface area contributed by atoms with Crippen LogP contribution in [0.25, 0.3) is 11.5 Å². The average Bonchev–Trinajstić information content (AvgIpc) is 3.27. The van der Waals surface area contributed by atoms with Crippen molar-refractivity contribution < 1.29 is 9.90 Å². The van der Waals surface area contributed by atoms with Gasteiger partial charge in [-0.3, -0.25) is 14.2 Å². The van der Waals surface area contributed by atoms with Gasteiger partial charge in [0.1, 0.15) is 28.7 Å². The smallest absolute Gasteiger partial charge is 0.279 e. The number of carbonyl (C=O) groups is 1. The highest BCUT2D eigenvalue weighted by Crippen LogP contribution is 2.23. The van der Waals surface area contributed by atoms with Gasteiger partial charge in [-0.1, -0.05) is 6.07 Å². The second-order valence-corrected chi connectivity index (χ2v) is 7.70. The molecule has 0 bridgehead atoms. The van der Waals surface area contributed by atoms with Crippen LogP contribution in [0.2, 0.25) is 0 Å². The summed E-state index contributed by atoms with van der Waals surface area (Å²) in [7, 11) is 1.72. The largest absolute Gasteiger partial charge is 0.391 e. The van der Waals surface area contributed by atoms with Gasteiger partial charge in [-0.05, 0) is 37.1 Å². The van der Waals surface area contributed by atoms with Crippen molar-refractivity contribution >= 4 is 28.9 Å². The highest BCUT2D eigenvalue weighted by Gasteiger charge is 2.31. The Bertz CT molecular complexity index is 1380. The number of aliphatic hydroxyl groups excluding tert-OH is 1. The predicted molar refractivity (Wildman–Crippen MR) is 122 cm³/mol. The first-order valence-electron chi connectivity index (χ1n) is 10.5. The third-order valence-electron chi connectivity index (χ3n) is 5.63. The molecule has 2 atom stereocenters. The highest BCUT2D eigenvalue weighted by atomic mass is 16.3. The first-order valence-corrected chi connectivity index (χ1v) is 10.5. The molecule has 5 rings (SSSR count). The Morgan fingerprint density at radius 3 is 2.79 bits per heavy atom. The minimum absolute atomic E-state index is 0.271. The number of nitrogens with zero attached hydrogens (tertiary/aromatic N) is 5. The van der Waals surface area contributed by atoms with Crippen molar-refractivity contribution in [3.8, 4) is 5.82 Å². The van der Waals surface area contributed by atoms with Crippen molar-refractivity contribution in [1.29, 1.82) is 0 Å². The molecular formula is C22H22N8O3. The number of aromatic nitrogens is 5. The molecule has 4 heterocycles. The van der Waals surface area contributed by atoms with E-state index in [1.807, 2.05) is 0 Å². The van der Waals surface area contributed by atoms with Gasteiger partial charge in [0.05, 0.1) is 18.3 Å². The van der Waals surface area contributed by atoms with Crippen molar-refractivity contribution in [2.45, 2.75) is 25.0 Å².